The lowest BCUT2D eigenvalue weighted by Gasteiger charge is -2.13. The third-order valence-corrected chi connectivity index (χ3v) is 3.14. The normalized spacial score (nSPS) is 12.2. The van der Waals surface area contributed by atoms with Crippen LogP contribution in [-0.2, 0) is 4.79 Å². The van der Waals surface area contributed by atoms with Gasteiger partial charge in [-0.15, -0.1) is 0 Å². The molecule has 0 heterocycles. The van der Waals surface area contributed by atoms with Crippen LogP contribution >= 0.6 is 27.5 Å². The fraction of sp³-hybridized carbons (Fsp3) is 0.417. The Morgan fingerprint density at radius 2 is 2.24 bits per heavy atom. The molecule has 2 N–H and O–H groups in total. The van der Waals surface area contributed by atoms with Gasteiger partial charge in [0, 0.05) is 16.9 Å². The topological polar surface area (TPSA) is 41.1 Å². The van der Waals surface area contributed by atoms with Crippen LogP contribution in [0.4, 0.5) is 5.69 Å². The molecule has 3 nitrogen and oxygen atoms in total. The van der Waals surface area contributed by atoms with Crippen molar-refractivity contribution >= 4 is 39.1 Å². The molecule has 1 unspecified atom stereocenters. The number of anilines is 1. The Morgan fingerprint density at radius 1 is 1.53 bits per heavy atom. The molecule has 94 valence electrons. The van der Waals surface area contributed by atoms with Crippen molar-refractivity contribution in [3.05, 3.63) is 27.7 Å². The van der Waals surface area contributed by atoms with Gasteiger partial charge in [0.05, 0.1) is 10.7 Å². The molecule has 0 aliphatic carbocycles. The Kier molecular flexibility index (Phi) is 5.95. The summed E-state index contributed by atoms with van der Waals surface area (Å²) in [6.45, 7) is 5.41. The molecule has 0 bridgehead atoms. The van der Waals surface area contributed by atoms with E-state index in [9.17, 15) is 4.79 Å². The summed E-state index contributed by atoms with van der Waals surface area (Å²) in [6, 6.07) is 5.38. The van der Waals surface area contributed by atoms with Gasteiger partial charge in [0.25, 0.3) is 0 Å². The first-order valence-corrected chi connectivity index (χ1v) is 6.68. The molecule has 1 amide bonds. The highest BCUT2D eigenvalue weighted by atomic mass is 79.9. The third-order valence-electron chi connectivity index (χ3n) is 2.34. The highest BCUT2D eigenvalue weighted by Gasteiger charge is 2.13. The van der Waals surface area contributed by atoms with Gasteiger partial charge in [-0.05, 0) is 24.7 Å². The summed E-state index contributed by atoms with van der Waals surface area (Å²) in [5.74, 6) is -0.121. The number of hydrogen-bond donors (Lipinski definition) is 2. The second-order valence-corrected chi connectivity index (χ2v) is 5.15. The molecule has 1 rings (SSSR count). The van der Waals surface area contributed by atoms with E-state index >= 15 is 0 Å². The van der Waals surface area contributed by atoms with Crippen LogP contribution in [0.25, 0.3) is 0 Å². The Hall–Kier alpha value is -0.580. The zero-order valence-corrected chi connectivity index (χ0v) is 12.2. The van der Waals surface area contributed by atoms with Gasteiger partial charge in [0.1, 0.15) is 0 Å². The summed E-state index contributed by atoms with van der Waals surface area (Å²) in [5, 5.41) is 6.48. The number of rotatable bonds is 5. The largest absolute Gasteiger partial charge is 0.324 e. The van der Waals surface area contributed by atoms with E-state index in [4.69, 9.17) is 11.6 Å². The van der Waals surface area contributed by atoms with Gasteiger partial charge in [-0.3, -0.25) is 4.79 Å². The van der Waals surface area contributed by atoms with Crippen molar-refractivity contribution in [2.45, 2.75) is 13.8 Å². The molecule has 1 atom stereocenters. The van der Waals surface area contributed by atoms with Crippen molar-refractivity contribution in [2.75, 3.05) is 18.4 Å². The van der Waals surface area contributed by atoms with Gasteiger partial charge in [0.2, 0.25) is 5.91 Å². The van der Waals surface area contributed by atoms with Crippen LogP contribution in [0.3, 0.4) is 0 Å². The van der Waals surface area contributed by atoms with Gasteiger partial charge < -0.3 is 10.6 Å². The molecule has 0 aliphatic rings. The van der Waals surface area contributed by atoms with Gasteiger partial charge in [0.15, 0.2) is 0 Å². The predicted octanol–water partition coefficient (Wildman–Crippen LogP) is 3.29. The van der Waals surface area contributed by atoms with Crippen LogP contribution in [0.5, 0.6) is 0 Å². The molecule has 0 spiro atoms. The van der Waals surface area contributed by atoms with Crippen LogP contribution in [-0.4, -0.2) is 19.0 Å². The summed E-state index contributed by atoms with van der Waals surface area (Å²) in [4.78, 5) is 11.8. The lowest BCUT2D eigenvalue weighted by atomic mass is 10.1. The SMILES string of the molecule is CCNCC(C)C(=O)Nc1ccc(Br)cc1Cl. The number of halogens is 2. The molecular formula is C12H16BrClN2O. The van der Waals surface area contributed by atoms with Gasteiger partial charge >= 0.3 is 0 Å². The summed E-state index contributed by atoms with van der Waals surface area (Å²) in [5.41, 5.74) is 0.642. The maximum atomic E-state index is 11.8. The second-order valence-electron chi connectivity index (χ2n) is 3.82. The fourth-order valence-electron chi connectivity index (χ4n) is 1.30. The van der Waals surface area contributed by atoms with Crippen LogP contribution in [0, 0.1) is 5.92 Å². The van der Waals surface area contributed by atoms with Crippen molar-refractivity contribution in [3.8, 4) is 0 Å². The fourth-order valence-corrected chi connectivity index (χ4v) is 2.02. The average molecular weight is 320 g/mol. The molecule has 1 aromatic rings. The maximum absolute atomic E-state index is 11.8. The van der Waals surface area contributed by atoms with Crippen LogP contribution < -0.4 is 10.6 Å². The minimum absolute atomic E-state index is 0.0322. The molecular weight excluding hydrogens is 304 g/mol. The number of amides is 1. The monoisotopic (exact) mass is 318 g/mol. The van der Waals surface area contributed by atoms with Crippen LogP contribution in [0.1, 0.15) is 13.8 Å². The smallest absolute Gasteiger partial charge is 0.228 e. The Labute approximate surface area is 115 Å². The molecule has 0 aromatic heterocycles. The first-order valence-electron chi connectivity index (χ1n) is 5.51. The summed E-state index contributed by atoms with van der Waals surface area (Å²) < 4.78 is 0.890. The van der Waals surface area contributed by atoms with Crippen molar-refractivity contribution in [1.29, 1.82) is 0 Å². The van der Waals surface area contributed by atoms with Crippen molar-refractivity contribution in [2.24, 2.45) is 5.92 Å². The summed E-state index contributed by atoms with van der Waals surface area (Å²) in [7, 11) is 0. The highest BCUT2D eigenvalue weighted by molar-refractivity contribution is 9.10. The van der Waals surface area contributed by atoms with Crippen LogP contribution in [0.2, 0.25) is 5.02 Å². The van der Waals surface area contributed by atoms with E-state index < -0.39 is 0 Å². The quantitative estimate of drug-likeness (QED) is 0.874. The first kappa shape index (κ1) is 14.5. The lowest BCUT2D eigenvalue weighted by molar-refractivity contribution is -0.119. The predicted molar refractivity (Wildman–Crippen MR) is 75.5 cm³/mol. The van der Waals surface area contributed by atoms with Crippen molar-refractivity contribution in [3.63, 3.8) is 0 Å². The Balaban J connectivity index is 2.61. The van der Waals surface area contributed by atoms with E-state index in [1.54, 1.807) is 12.1 Å². The summed E-state index contributed by atoms with van der Waals surface area (Å²) >= 11 is 9.34. The minimum atomic E-state index is -0.0883. The average Bonchev–Trinajstić information content (AvgIpc) is 2.29. The number of carbonyl (C=O) groups excluding carboxylic acids is 1. The molecule has 5 heteroatoms. The standard InChI is InChI=1S/C12H16BrClN2O/c1-3-15-7-8(2)12(17)16-11-5-4-9(13)6-10(11)14/h4-6,8,15H,3,7H2,1-2H3,(H,16,17). The molecule has 0 saturated heterocycles. The molecule has 17 heavy (non-hydrogen) atoms. The molecule has 0 aliphatic heterocycles. The van der Waals surface area contributed by atoms with E-state index in [1.165, 1.54) is 0 Å². The number of hydrogen-bond acceptors (Lipinski definition) is 2. The maximum Gasteiger partial charge on any atom is 0.228 e. The van der Waals surface area contributed by atoms with E-state index in [0.29, 0.717) is 17.3 Å². The number of benzene rings is 1. The van der Waals surface area contributed by atoms with Crippen molar-refractivity contribution in [1.82, 2.24) is 5.32 Å². The zero-order valence-electron chi connectivity index (χ0n) is 9.89. The van der Waals surface area contributed by atoms with E-state index in [1.807, 2.05) is 19.9 Å². The van der Waals surface area contributed by atoms with E-state index in [-0.39, 0.29) is 11.8 Å². The number of nitrogens with one attached hydrogen (secondary N) is 2. The Morgan fingerprint density at radius 3 is 2.82 bits per heavy atom. The molecule has 0 radical (unpaired) electrons. The Bertz CT molecular complexity index is 398. The first-order chi connectivity index (χ1) is 8.04. The molecule has 0 saturated carbocycles. The molecule has 1 aromatic carbocycles. The van der Waals surface area contributed by atoms with Gasteiger partial charge in [-0.25, -0.2) is 0 Å². The van der Waals surface area contributed by atoms with E-state index in [0.717, 1.165) is 11.0 Å². The molecule has 0 fully saturated rings. The number of carbonyl (C=O) groups is 1. The van der Waals surface area contributed by atoms with Crippen LogP contribution in [0.15, 0.2) is 22.7 Å². The second kappa shape index (κ2) is 6.99. The van der Waals surface area contributed by atoms with Gasteiger partial charge in [-0.2, -0.15) is 0 Å². The van der Waals surface area contributed by atoms with Crippen molar-refractivity contribution < 1.29 is 4.79 Å². The lowest BCUT2D eigenvalue weighted by Crippen LogP contribution is -2.30. The van der Waals surface area contributed by atoms with E-state index in [2.05, 4.69) is 26.6 Å². The summed E-state index contributed by atoms with van der Waals surface area (Å²) in [6.07, 6.45) is 0. The zero-order chi connectivity index (χ0) is 12.8. The minimum Gasteiger partial charge on any atom is -0.324 e. The third kappa shape index (κ3) is 4.66. The van der Waals surface area contributed by atoms with Gasteiger partial charge in [-0.1, -0.05) is 41.4 Å². The highest BCUT2D eigenvalue weighted by Crippen LogP contribution is 2.25.